The maximum atomic E-state index is 11.6. The van der Waals surface area contributed by atoms with E-state index >= 15 is 0 Å². The number of carbonyl (C=O) groups is 2. The number of hydrogen-bond acceptors (Lipinski definition) is 3. The van der Waals surface area contributed by atoms with Crippen LogP contribution in [-0.4, -0.2) is 39.7 Å². The van der Waals surface area contributed by atoms with E-state index in [1.165, 1.54) is 38.2 Å². The van der Waals surface area contributed by atoms with Crippen LogP contribution in [0.3, 0.4) is 0 Å². The van der Waals surface area contributed by atoms with Crippen molar-refractivity contribution in [2.45, 2.75) is 32.2 Å². The third-order valence-electron chi connectivity index (χ3n) is 3.53. The van der Waals surface area contributed by atoms with Gasteiger partial charge in [0.1, 0.15) is 0 Å². The Kier molecular flexibility index (Phi) is 4.97. The molecule has 110 valence electrons. The summed E-state index contributed by atoms with van der Waals surface area (Å²) in [5.41, 5.74) is 0.00989. The quantitative estimate of drug-likeness (QED) is 0.726. The Morgan fingerprint density at radius 2 is 2.10 bits per heavy atom. The number of imidazole rings is 1. The van der Waals surface area contributed by atoms with Gasteiger partial charge >= 0.3 is 12.0 Å². The predicted molar refractivity (Wildman–Crippen MR) is 72.5 cm³/mol. The molecule has 1 fully saturated rings. The van der Waals surface area contributed by atoms with Gasteiger partial charge in [0.05, 0.1) is 6.33 Å². The summed E-state index contributed by atoms with van der Waals surface area (Å²) in [6.45, 7) is 1.67. The monoisotopic (exact) mass is 280 g/mol. The highest BCUT2D eigenvalue weighted by molar-refractivity contribution is 5.84. The maximum absolute atomic E-state index is 11.6. The molecule has 1 aliphatic carbocycles. The Morgan fingerprint density at radius 1 is 1.35 bits per heavy atom. The number of carbonyl (C=O) groups excluding carboxylic acids is 1. The molecule has 1 saturated carbocycles. The standard InChI is InChI=1S/C13H20N4O3/c18-12(19)11-8-17(9-16-11)6-5-14-13(20)15-7-10-3-1-2-4-10/h8-10H,1-7H2,(H,18,19)(H2,14,15,20). The number of urea groups is 1. The van der Waals surface area contributed by atoms with Gasteiger partial charge in [-0.15, -0.1) is 0 Å². The van der Waals surface area contributed by atoms with E-state index in [0.717, 1.165) is 6.54 Å². The minimum Gasteiger partial charge on any atom is -0.476 e. The van der Waals surface area contributed by atoms with Crippen LogP contribution in [0, 0.1) is 5.92 Å². The van der Waals surface area contributed by atoms with Gasteiger partial charge < -0.3 is 20.3 Å². The Labute approximate surface area is 117 Å². The van der Waals surface area contributed by atoms with Gasteiger partial charge in [-0.3, -0.25) is 0 Å². The van der Waals surface area contributed by atoms with Gasteiger partial charge in [-0.25, -0.2) is 14.6 Å². The minimum absolute atomic E-state index is 0.00989. The average Bonchev–Trinajstić information content (AvgIpc) is 3.07. The summed E-state index contributed by atoms with van der Waals surface area (Å²) in [4.78, 5) is 26.0. The van der Waals surface area contributed by atoms with Crippen LogP contribution in [0.2, 0.25) is 0 Å². The fourth-order valence-corrected chi connectivity index (χ4v) is 2.41. The molecule has 0 atom stereocenters. The largest absolute Gasteiger partial charge is 0.476 e. The van der Waals surface area contributed by atoms with Crippen molar-refractivity contribution in [2.75, 3.05) is 13.1 Å². The molecule has 20 heavy (non-hydrogen) atoms. The molecule has 7 nitrogen and oxygen atoms in total. The normalized spacial score (nSPS) is 15.2. The van der Waals surface area contributed by atoms with E-state index in [9.17, 15) is 9.59 Å². The summed E-state index contributed by atoms with van der Waals surface area (Å²) in [5, 5.41) is 14.3. The Hall–Kier alpha value is -2.05. The van der Waals surface area contributed by atoms with Crippen LogP contribution in [0.5, 0.6) is 0 Å². The third kappa shape index (κ3) is 4.25. The number of carboxylic acid groups (broad SMARTS) is 1. The van der Waals surface area contributed by atoms with Crippen molar-refractivity contribution in [1.82, 2.24) is 20.2 Å². The molecule has 0 spiro atoms. The number of amides is 2. The second-order valence-electron chi connectivity index (χ2n) is 5.09. The third-order valence-corrected chi connectivity index (χ3v) is 3.53. The number of aromatic carboxylic acids is 1. The first-order chi connectivity index (χ1) is 9.65. The van der Waals surface area contributed by atoms with Crippen molar-refractivity contribution < 1.29 is 14.7 Å². The molecule has 0 saturated heterocycles. The van der Waals surface area contributed by atoms with Crippen LogP contribution in [0.1, 0.15) is 36.2 Å². The number of rotatable bonds is 6. The molecule has 0 aliphatic heterocycles. The van der Waals surface area contributed by atoms with Crippen molar-refractivity contribution in [2.24, 2.45) is 5.92 Å². The van der Waals surface area contributed by atoms with Crippen LogP contribution in [0.4, 0.5) is 4.79 Å². The van der Waals surface area contributed by atoms with Gasteiger partial charge in [0.15, 0.2) is 5.69 Å². The highest BCUT2D eigenvalue weighted by Gasteiger charge is 2.15. The lowest BCUT2D eigenvalue weighted by atomic mass is 10.1. The summed E-state index contributed by atoms with van der Waals surface area (Å²) < 4.78 is 1.64. The smallest absolute Gasteiger partial charge is 0.356 e. The molecule has 7 heteroatoms. The molecule has 0 radical (unpaired) electrons. The summed E-state index contributed by atoms with van der Waals surface area (Å²) in [5.74, 6) is -0.432. The van der Waals surface area contributed by atoms with Crippen molar-refractivity contribution >= 4 is 12.0 Å². The Balaban J connectivity index is 1.61. The zero-order chi connectivity index (χ0) is 14.4. The molecule has 2 rings (SSSR count). The molecular formula is C13H20N4O3. The fraction of sp³-hybridized carbons (Fsp3) is 0.615. The first-order valence-corrected chi connectivity index (χ1v) is 6.92. The predicted octanol–water partition coefficient (Wildman–Crippen LogP) is 1.07. The molecule has 2 amide bonds. The minimum atomic E-state index is -1.05. The van der Waals surface area contributed by atoms with E-state index in [1.54, 1.807) is 4.57 Å². The molecule has 0 bridgehead atoms. The van der Waals surface area contributed by atoms with Crippen LogP contribution in [0.25, 0.3) is 0 Å². The lowest BCUT2D eigenvalue weighted by Crippen LogP contribution is -2.39. The molecule has 0 unspecified atom stereocenters. The zero-order valence-electron chi connectivity index (χ0n) is 11.3. The first kappa shape index (κ1) is 14.4. The fourth-order valence-electron chi connectivity index (χ4n) is 2.41. The van der Waals surface area contributed by atoms with Crippen LogP contribution in [0.15, 0.2) is 12.5 Å². The highest BCUT2D eigenvalue weighted by atomic mass is 16.4. The Bertz CT molecular complexity index is 466. The van der Waals surface area contributed by atoms with E-state index in [2.05, 4.69) is 15.6 Å². The van der Waals surface area contributed by atoms with E-state index in [0.29, 0.717) is 19.0 Å². The van der Waals surface area contributed by atoms with Gasteiger partial charge in [-0.2, -0.15) is 0 Å². The Morgan fingerprint density at radius 3 is 2.75 bits per heavy atom. The number of hydrogen-bond donors (Lipinski definition) is 3. The average molecular weight is 280 g/mol. The molecular weight excluding hydrogens is 260 g/mol. The molecule has 1 aliphatic rings. The van der Waals surface area contributed by atoms with E-state index < -0.39 is 5.97 Å². The molecule has 0 aromatic carbocycles. The molecule has 1 heterocycles. The summed E-state index contributed by atoms with van der Waals surface area (Å²) in [6, 6.07) is -0.171. The van der Waals surface area contributed by atoms with E-state index in [4.69, 9.17) is 5.11 Å². The topological polar surface area (TPSA) is 96.2 Å². The SMILES string of the molecule is O=C(NCCn1cnc(C(=O)O)c1)NCC1CCCC1. The van der Waals surface area contributed by atoms with Gasteiger partial charge in [0.25, 0.3) is 0 Å². The summed E-state index contributed by atoms with van der Waals surface area (Å²) >= 11 is 0. The summed E-state index contributed by atoms with van der Waals surface area (Å²) in [7, 11) is 0. The lowest BCUT2D eigenvalue weighted by Gasteiger charge is -2.11. The van der Waals surface area contributed by atoms with Gasteiger partial charge in [-0.05, 0) is 18.8 Å². The number of nitrogens with one attached hydrogen (secondary N) is 2. The second-order valence-corrected chi connectivity index (χ2v) is 5.09. The number of carboxylic acids is 1. The molecule has 1 aromatic rings. The van der Waals surface area contributed by atoms with E-state index in [-0.39, 0.29) is 11.7 Å². The molecule has 3 N–H and O–H groups in total. The number of nitrogens with zero attached hydrogens (tertiary/aromatic N) is 2. The highest BCUT2D eigenvalue weighted by Crippen LogP contribution is 2.23. The number of aromatic nitrogens is 2. The zero-order valence-corrected chi connectivity index (χ0v) is 11.3. The van der Waals surface area contributed by atoms with Crippen LogP contribution >= 0.6 is 0 Å². The van der Waals surface area contributed by atoms with Crippen LogP contribution < -0.4 is 10.6 Å². The summed E-state index contributed by atoms with van der Waals surface area (Å²) in [6.07, 6.45) is 7.82. The van der Waals surface area contributed by atoms with Crippen molar-refractivity contribution in [3.8, 4) is 0 Å². The second kappa shape index (κ2) is 6.93. The van der Waals surface area contributed by atoms with Gasteiger partial charge in [0.2, 0.25) is 0 Å². The van der Waals surface area contributed by atoms with Crippen molar-refractivity contribution in [1.29, 1.82) is 0 Å². The van der Waals surface area contributed by atoms with Gasteiger partial charge in [0, 0.05) is 25.8 Å². The van der Waals surface area contributed by atoms with Gasteiger partial charge in [-0.1, -0.05) is 12.8 Å². The van der Waals surface area contributed by atoms with Crippen LogP contribution in [-0.2, 0) is 6.54 Å². The van der Waals surface area contributed by atoms with Crippen molar-refractivity contribution in [3.63, 3.8) is 0 Å². The van der Waals surface area contributed by atoms with Crippen molar-refractivity contribution in [3.05, 3.63) is 18.2 Å². The lowest BCUT2D eigenvalue weighted by molar-refractivity contribution is 0.0691. The molecule has 1 aromatic heterocycles. The maximum Gasteiger partial charge on any atom is 0.356 e. The van der Waals surface area contributed by atoms with E-state index in [1.807, 2.05) is 0 Å². The first-order valence-electron chi connectivity index (χ1n) is 6.92.